The third-order valence-corrected chi connectivity index (χ3v) is 4.97. The van der Waals surface area contributed by atoms with E-state index in [0.29, 0.717) is 22.3 Å². The summed E-state index contributed by atoms with van der Waals surface area (Å²) in [7, 11) is 3.17. The van der Waals surface area contributed by atoms with E-state index in [4.69, 9.17) is 9.47 Å². The molecule has 1 amide bonds. The Bertz CT molecular complexity index is 977. The van der Waals surface area contributed by atoms with Crippen molar-refractivity contribution in [3.05, 3.63) is 59.8 Å². The van der Waals surface area contributed by atoms with Gasteiger partial charge in [0.25, 0.3) is 5.91 Å². The number of nitriles is 1. The van der Waals surface area contributed by atoms with Crippen LogP contribution in [0.15, 0.2) is 59.2 Å². The Labute approximate surface area is 168 Å². The van der Waals surface area contributed by atoms with Gasteiger partial charge in [-0.3, -0.25) is 9.69 Å². The van der Waals surface area contributed by atoms with Crippen LogP contribution < -0.4 is 14.4 Å². The molecule has 2 aromatic carbocycles. The summed E-state index contributed by atoms with van der Waals surface area (Å²) in [5.41, 5.74) is 1.78. The molecule has 0 aromatic heterocycles. The van der Waals surface area contributed by atoms with Crippen molar-refractivity contribution < 1.29 is 14.3 Å². The number of methoxy groups -OCH3 is 2. The van der Waals surface area contributed by atoms with Crippen LogP contribution in [0.25, 0.3) is 6.08 Å². The van der Waals surface area contributed by atoms with Gasteiger partial charge in [0.1, 0.15) is 17.2 Å². The number of ether oxygens (including phenoxy) is 2. The average Bonchev–Trinajstić information content (AvgIpc) is 3.03. The molecule has 0 fully saturated rings. The number of hydrogen-bond acceptors (Lipinski definition) is 6. The molecular weight excluding hydrogens is 374 g/mol. The minimum atomic E-state index is -0.347. The van der Waals surface area contributed by atoms with Gasteiger partial charge in [-0.15, -0.1) is 0 Å². The van der Waals surface area contributed by atoms with Gasteiger partial charge in [0.15, 0.2) is 5.17 Å². The molecule has 28 heavy (non-hydrogen) atoms. The lowest BCUT2D eigenvalue weighted by Gasteiger charge is -2.18. The van der Waals surface area contributed by atoms with Crippen molar-refractivity contribution in [3.63, 3.8) is 0 Å². The molecule has 0 aliphatic carbocycles. The van der Waals surface area contributed by atoms with E-state index in [1.54, 1.807) is 39.4 Å². The molecule has 2 aromatic rings. The van der Waals surface area contributed by atoms with E-state index in [0.717, 1.165) is 11.3 Å². The largest absolute Gasteiger partial charge is 0.497 e. The van der Waals surface area contributed by atoms with Crippen LogP contribution in [0.3, 0.4) is 0 Å². The fourth-order valence-electron chi connectivity index (χ4n) is 2.60. The van der Waals surface area contributed by atoms with Gasteiger partial charge in [-0.2, -0.15) is 5.26 Å². The minimum absolute atomic E-state index is 0.253. The third kappa shape index (κ3) is 4.18. The monoisotopic (exact) mass is 393 g/mol. The van der Waals surface area contributed by atoms with E-state index in [-0.39, 0.29) is 11.2 Å². The van der Waals surface area contributed by atoms with E-state index in [9.17, 15) is 10.1 Å². The van der Waals surface area contributed by atoms with Crippen LogP contribution in [0.2, 0.25) is 0 Å². The summed E-state index contributed by atoms with van der Waals surface area (Å²) in [4.78, 5) is 19.1. The van der Waals surface area contributed by atoms with Gasteiger partial charge in [-0.25, -0.2) is 4.99 Å². The zero-order chi connectivity index (χ0) is 20.1. The van der Waals surface area contributed by atoms with Crippen molar-refractivity contribution in [2.45, 2.75) is 12.2 Å². The second kappa shape index (κ2) is 8.63. The molecule has 1 atom stereocenters. The second-order valence-corrected chi connectivity index (χ2v) is 7.24. The first-order valence-electron chi connectivity index (χ1n) is 8.55. The molecule has 7 heteroatoms. The van der Waals surface area contributed by atoms with Crippen molar-refractivity contribution >= 4 is 34.6 Å². The van der Waals surface area contributed by atoms with Crippen molar-refractivity contribution in [3.8, 4) is 17.6 Å². The number of anilines is 1. The smallest absolute Gasteiger partial charge is 0.283 e. The maximum absolute atomic E-state index is 13.1. The standard InChI is InChI=1S/C21H19N3O3S/c1-14(13-22)28-21-23-19(11-15-7-9-17(26-2)10-8-15)20(25)24(21)16-5-4-6-18(12-16)27-3/h4-12,14H,1-3H3/b19-11-/t14-/m1/s1. The van der Waals surface area contributed by atoms with E-state index < -0.39 is 0 Å². The van der Waals surface area contributed by atoms with E-state index in [2.05, 4.69) is 11.1 Å². The molecule has 0 saturated carbocycles. The molecule has 0 radical (unpaired) electrons. The van der Waals surface area contributed by atoms with Gasteiger partial charge in [0.2, 0.25) is 0 Å². The maximum Gasteiger partial charge on any atom is 0.283 e. The molecule has 1 aliphatic heterocycles. The van der Waals surface area contributed by atoms with E-state index in [1.165, 1.54) is 16.7 Å². The second-order valence-electron chi connectivity index (χ2n) is 5.93. The number of rotatable bonds is 5. The van der Waals surface area contributed by atoms with Gasteiger partial charge in [-0.05, 0) is 42.8 Å². The lowest BCUT2D eigenvalue weighted by atomic mass is 10.2. The fraction of sp³-hybridized carbons (Fsp3) is 0.190. The highest BCUT2D eigenvalue weighted by Crippen LogP contribution is 2.32. The van der Waals surface area contributed by atoms with E-state index >= 15 is 0 Å². The van der Waals surface area contributed by atoms with Crippen molar-refractivity contribution in [2.24, 2.45) is 4.99 Å². The quantitative estimate of drug-likeness (QED) is 0.715. The zero-order valence-corrected chi connectivity index (χ0v) is 16.6. The van der Waals surface area contributed by atoms with Gasteiger partial charge in [-0.1, -0.05) is 30.0 Å². The number of carbonyl (C=O) groups excluding carboxylic acids is 1. The van der Waals surface area contributed by atoms with Crippen LogP contribution >= 0.6 is 11.8 Å². The number of thioether (sulfide) groups is 1. The Morgan fingerprint density at radius 2 is 1.86 bits per heavy atom. The molecule has 1 aliphatic rings. The normalized spacial score (nSPS) is 15.9. The Kier molecular flexibility index (Phi) is 6.02. The SMILES string of the molecule is COc1ccc(/C=C2\N=C(S[C@H](C)C#N)N(c3cccc(OC)c3)C2=O)cc1. The molecule has 6 nitrogen and oxygen atoms in total. The summed E-state index contributed by atoms with van der Waals surface area (Å²) in [6.07, 6.45) is 1.72. The zero-order valence-electron chi connectivity index (χ0n) is 15.7. The highest BCUT2D eigenvalue weighted by atomic mass is 32.2. The number of aliphatic imine (C=N–C) groups is 1. The Morgan fingerprint density at radius 1 is 1.14 bits per heavy atom. The first kappa shape index (κ1) is 19.5. The molecule has 0 saturated heterocycles. The summed E-state index contributed by atoms with van der Waals surface area (Å²) >= 11 is 1.24. The molecule has 0 N–H and O–H groups in total. The molecule has 142 valence electrons. The van der Waals surface area contributed by atoms with Crippen LogP contribution in [-0.2, 0) is 4.79 Å². The van der Waals surface area contributed by atoms with Crippen molar-refractivity contribution in [1.82, 2.24) is 0 Å². The number of carbonyl (C=O) groups is 1. The highest BCUT2D eigenvalue weighted by Gasteiger charge is 2.33. The van der Waals surface area contributed by atoms with Crippen LogP contribution in [0.5, 0.6) is 11.5 Å². The number of nitrogens with zero attached hydrogens (tertiary/aromatic N) is 3. The Hall–Kier alpha value is -3.24. The van der Waals surface area contributed by atoms with Crippen molar-refractivity contribution in [2.75, 3.05) is 19.1 Å². The molecule has 3 rings (SSSR count). The summed E-state index contributed by atoms with van der Waals surface area (Å²) in [5, 5.41) is 9.29. The van der Waals surface area contributed by atoms with Gasteiger partial charge >= 0.3 is 0 Å². The summed E-state index contributed by atoms with van der Waals surface area (Å²) < 4.78 is 10.4. The van der Waals surface area contributed by atoms with E-state index in [1.807, 2.05) is 36.4 Å². The first-order chi connectivity index (χ1) is 13.5. The van der Waals surface area contributed by atoms with Crippen molar-refractivity contribution in [1.29, 1.82) is 5.26 Å². The Morgan fingerprint density at radius 3 is 2.50 bits per heavy atom. The fourth-order valence-corrected chi connectivity index (χ4v) is 3.41. The predicted molar refractivity (Wildman–Crippen MR) is 112 cm³/mol. The summed E-state index contributed by atoms with van der Waals surface area (Å²) in [6.45, 7) is 1.77. The summed E-state index contributed by atoms with van der Waals surface area (Å²) in [5.74, 6) is 1.12. The first-order valence-corrected chi connectivity index (χ1v) is 9.43. The highest BCUT2D eigenvalue weighted by molar-refractivity contribution is 8.15. The molecule has 1 heterocycles. The van der Waals surface area contributed by atoms with Crippen LogP contribution in [0, 0.1) is 11.3 Å². The molecule has 0 unspecified atom stereocenters. The van der Waals surface area contributed by atoms with Gasteiger partial charge in [0.05, 0.1) is 31.2 Å². The molecule has 0 spiro atoms. The molecule has 0 bridgehead atoms. The number of hydrogen-bond donors (Lipinski definition) is 0. The van der Waals surface area contributed by atoms with Gasteiger partial charge in [0, 0.05) is 6.07 Å². The van der Waals surface area contributed by atoms with Crippen LogP contribution in [0.4, 0.5) is 5.69 Å². The number of benzene rings is 2. The number of amides is 1. The van der Waals surface area contributed by atoms with Gasteiger partial charge < -0.3 is 9.47 Å². The Balaban J connectivity index is 1.99. The third-order valence-electron chi connectivity index (χ3n) is 4.02. The van der Waals surface area contributed by atoms with Crippen LogP contribution in [-0.4, -0.2) is 30.5 Å². The lowest BCUT2D eigenvalue weighted by Crippen LogP contribution is -2.31. The minimum Gasteiger partial charge on any atom is -0.497 e. The lowest BCUT2D eigenvalue weighted by molar-refractivity contribution is -0.113. The topological polar surface area (TPSA) is 74.9 Å². The number of amidine groups is 1. The molecular formula is C21H19N3O3S. The predicted octanol–water partition coefficient (Wildman–Crippen LogP) is 4.09. The maximum atomic E-state index is 13.1. The summed E-state index contributed by atoms with van der Waals surface area (Å²) in [6, 6.07) is 16.7. The average molecular weight is 393 g/mol. The van der Waals surface area contributed by atoms with Crippen LogP contribution in [0.1, 0.15) is 12.5 Å².